The van der Waals surface area contributed by atoms with Crippen molar-refractivity contribution in [2.75, 3.05) is 6.54 Å². The molecule has 1 saturated heterocycles. The minimum Gasteiger partial charge on any atom is -0.478 e. The molecule has 24 heavy (non-hydrogen) atoms. The van der Waals surface area contributed by atoms with Gasteiger partial charge in [-0.3, -0.25) is 4.90 Å². The Hall–Kier alpha value is -2.25. The van der Waals surface area contributed by atoms with Gasteiger partial charge in [-0.1, -0.05) is 17.3 Å². The lowest BCUT2D eigenvalue weighted by atomic mass is 10.1. The number of carboxylic acid groups (broad SMARTS) is 1. The van der Waals surface area contributed by atoms with E-state index in [2.05, 4.69) is 15.0 Å². The number of carbonyl (C=O) groups is 1. The molecule has 1 aliphatic heterocycles. The average Bonchev–Trinajstić information content (AvgIpc) is 3.18. The van der Waals surface area contributed by atoms with Crippen LogP contribution in [0.4, 0.5) is 0 Å². The van der Waals surface area contributed by atoms with E-state index >= 15 is 0 Å². The second-order valence-electron chi connectivity index (χ2n) is 6.60. The summed E-state index contributed by atoms with van der Waals surface area (Å²) < 4.78 is 5.43. The molecule has 2 fully saturated rings. The molecule has 2 heterocycles. The minimum absolute atomic E-state index is 0.0980. The predicted octanol–water partition coefficient (Wildman–Crippen LogP) is 1.95. The van der Waals surface area contributed by atoms with E-state index in [1.165, 1.54) is 0 Å². The van der Waals surface area contributed by atoms with Gasteiger partial charge in [-0.2, -0.15) is 4.98 Å². The monoisotopic (exact) mass is 329 g/mol. The number of hydrogen-bond acceptors (Lipinski definition) is 6. The Morgan fingerprint density at radius 3 is 2.71 bits per heavy atom. The molecule has 1 aromatic carbocycles. The Balaban J connectivity index is 1.50. The Labute approximate surface area is 138 Å². The number of benzene rings is 1. The van der Waals surface area contributed by atoms with Gasteiger partial charge in [0.2, 0.25) is 5.89 Å². The van der Waals surface area contributed by atoms with Crippen LogP contribution in [0.2, 0.25) is 0 Å². The number of nitrogens with zero attached hydrogens (tertiary/aromatic N) is 3. The summed E-state index contributed by atoms with van der Waals surface area (Å²) in [6.07, 6.45) is 2.38. The van der Waals surface area contributed by atoms with E-state index in [1.54, 1.807) is 24.3 Å². The van der Waals surface area contributed by atoms with E-state index in [-0.39, 0.29) is 11.6 Å². The highest BCUT2D eigenvalue weighted by atomic mass is 16.5. The number of aromatic nitrogens is 2. The SMILES string of the molecule is O=C(O)c1ccc(CN2CC(O)CC2c2nc(C3CC3)no2)cc1. The summed E-state index contributed by atoms with van der Waals surface area (Å²) in [6, 6.07) is 6.69. The van der Waals surface area contributed by atoms with Crippen molar-refractivity contribution >= 4 is 5.97 Å². The maximum absolute atomic E-state index is 10.9. The van der Waals surface area contributed by atoms with Crippen LogP contribution in [-0.2, 0) is 6.54 Å². The van der Waals surface area contributed by atoms with E-state index < -0.39 is 12.1 Å². The van der Waals surface area contributed by atoms with Crippen LogP contribution in [0, 0.1) is 0 Å². The molecule has 1 aromatic heterocycles. The van der Waals surface area contributed by atoms with Gasteiger partial charge in [0.05, 0.1) is 17.7 Å². The van der Waals surface area contributed by atoms with Gasteiger partial charge in [0, 0.05) is 19.0 Å². The summed E-state index contributed by atoms with van der Waals surface area (Å²) in [5, 5.41) is 23.1. The van der Waals surface area contributed by atoms with Crippen LogP contribution in [0.5, 0.6) is 0 Å². The number of hydrogen-bond donors (Lipinski definition) is 2. The van der Waals surface area contributed by atoms with Crippen molar-refractivity contribution in [2.45, 2.75) is 43.9 Å². The van der Waals surface area contributed by atoms with Crippen LogP contribution >= 0.6 is 0 Å². The number of carboxylic acids is 1. The lowest BCUT2D eigenvalue weighted by molar-refractivity contribution is 0.0697. The van der Waals surface area contributed by atoms with Gasteiger partial charge in [-0.25, -0.2) is 4.79 Å². The normalized spacial score (nSPS) is 24.4. The van der Waals surface area contributed by atoms with Crippen molar-refractivity contribution in [1.29, 1.82) is 0 Å². The quantitative estimate of drug-likeness (QED) is 0.865. The Kier molecular flexibility index (Phi) is 3.82. The first-order valence-corrected chi connectivity index (χ1v) is 8.18. The van der Waals surface area contributed by atoms with E-state index in [4.69, 9.17) is 9.63 Å². The molecule has 2 aliphatic rings. The van der Waals surface area contributed by atoms with Crippen molar-refractivity contribution in [3.05, 3.63) is 47.1 Å². The molecule has 7 nitrogen and oxygen atoms in total. The summed E-state index contributed by atoms with van der Waals surface area (Å²) in [4.78, 5) is 17.5. The molecule has 1 aliphatic carbocycles. The third kappa shape index (κ3) is 3.05. The summed E-state index contributed by atoms with van der Waals surface area (Å²) in [5.74, 6) is 0.841. The molecule has 2 N–H and O–H groups in total. The highest BCUT2D eigenvalue weighted by Crippen LogP contribution is 2.40. The molecular formula is C17H19N3O4. The van der Waals surface area contributed by atoms with E-state index in [9.17, 15) is 9.90 Å². The zero-order valence-corrected chi connectivity index (χ0v) is 13.1. The first kappa shape index (κ1) is 15.3. The van der Waals surface area contributed by atoms with Crippen LogP contribution in [0.1, 0.15) is 58.9 Å². The molecule has 2 atom stereocenters. The minimum atomic E-state index is -0.936. The van der Waals surface area contributed by atoms with Gasteiger partial charge in [-0.05, 0) is 37.0 Å². The Morgan fingerprint density at radius 1 is 1.29 bits per heavy atom. The Bertz CT molecular complexity index is 739. The molecule has 126 valence electrons. The third-order valence-electron chi connectivity index (χ3n) is 4.65. The van der Waals surface area contributed by atoms with Gasteiger partial charge in [0.15, 0.2) is 5.82 Å². The second kappa shape index (κ2) is 5.99. The zero-order chi connectivity index (χ0) is 16.7. The van der Waals surface area contributed by atoms with Crippen LogP contribution in [0.15, 0.2) is 28.8 Å². The van der Waals surface area contributed by atoms with Crippen LogP contribution in [-0.4, -0.2) is 43.9 Å². The molecule has 7 heteroatoms. The number of aliphatic hydroxyl groups is 1. The fourth-order valence-corrected chi connectivity index (χ4v) is 3.19. The van der Waals surface area contributed by atoms with Gasteiger partial charge in [0.1, 0.15) is 0 Å². The summed E-state index contributed by atoms with van der Waals surface area (Å²) >= 11 is 0. The van der Waals surface area contributed by atoms with E-state index in [1.807, 2.05) is 0 Å². The first-order chi connectivity index (χ1) is 11.6. The maximum atomic E-state index is 10.9. The van der Waals surface area contributed by atoms with Gasteiger partial charge >= 0.3 is 5.97 Å². The van der Waals surface area contributed by atoms with Gasteiger partial charge in [-0.15, -0.1) is 0 Å². The molecule has 4 rings (SSSR count). The highest BCUT2D eigenvalue weighted by Gasteiger charge is 2.37. The molecular weight excluding hydrogens is 310 g/mol. The summed E-state index contributed by atoms with van der Waals surface area (Å²) in [5.41, 5.74) is 1.25. The van der Waals surface area contributed by atoms with Crippen LogP contribution in [0.25, 0.3) is 0 Å². The zero-order valence-electron chi connectivity index (χ0n) is 13.1. The third-order valence-corrected chi connectivity index (χ3v) is 4.65. The number of likely N-dealkylation sites (tertiary alicyclic amines) is 1. The predicted molar refractivity (Wildman–Crippen MR) is 83.4 cm³/mol. The molecule has 0 spiro atoms. The van der Waals surface area contributed by atoms with E-state index in [0.717, 1.165) is 24.2 Å². The standard InChI is InChI=1S/C17H19N3O4/c21-13-7-14(16-18-15(19-24-16)11-5-6-11)20(9-13)8-10-1-3-12(4-2-10)17(22)23/h1-4,11,13-14,21H,5-9H2,(H,22,23). The molecule has 0 radical (unpaired) electrons. The smallest absolute Gasteiger partial charge is 0.335 e. The fourth-order valence-electron chi connectivity index (χ4n) is 3.19. The van der Waals surface area contributed by atoms with Crippen molar-refractivity contribution < 1.29 is 19.5 Å². The summed E-state index contributed by atoms with van der Waals surface area (Å²) in [6.45, 7) is 1.13. The van der Waals surface area contributed by atoms with Crippen molar-refractivity contribution in [1.82, 2.24) is 15.0 Å². The van der Waals surface area contributed by atoms with Crippen LogP contribution in [0.3, 0.4) is 0 Å². The Morgan fingerprint density at radius 2 is 2.04 bits per heavy atom. The largest absolute Gasteiger partial charge is 0.478 e. The number of β-amino-alcohol motifs (C(OH)–C–C–N with tert-alkyl or cyclic N) is 1. The van der Waals surface area contributed by atoms with Gasteiger partial charge in [0.25, 0.3) is 0 Å². The van der Waals surface area contributed by atoms with Crippen LogP contribution < -0.4 is 0 Å². The van der Waals surface area contributed by atoms with Crippen molar-refractivity contribution in [2.24, 2.45) is 0 Å². The number of rotatable bonds is 5. The topological polar surface area (TPSA) is 99.7 Å². The van der Waals surface area contributed by atoms with Crippen molar-refractivity contribution in [3.8, 4) is 0 Å². The molecule has 2 unspecified atom stereocenters. The number of aliphatic hydroxyl groups excluding tert-OH is 1. The molecule has 1 saturated carbocycles. The lowest BCUT2D eigenvalue weighted by Crippen LogP contribution is -2.24. The summed E-state index contributed by atoms with van der Waals surface area (Å²) in [7, 11) is 0. The molecule has 0 amide bonds. The van der Waals surface area contributed by atoms with Gasteiger partial charge < -0.3 is 14.7 Å². The highest BCUT2D eigenvalue weighted by molar-refractivity contribution is 5.87. The van der Waals surface area contributed by atoms with Crippen molar-refractivity contribution in [3.63, 3.8) is 0 Å². The first-order valence-electron chi connectivity index (χ1n) is 8.18. The lowest BCUT2D eigenvalue weighted by Gasteiger charge is -2.21. The maximum Gasteiger partial charge on any atom is 0.335 e. The molecule has 2 aromatic rings. The van der Waals surface area contributed by atoms with E-state index in [0.29, 0.717) is 31.3 Å². The second-order valence-corrected chi connectivity index (χ2v) is 6.60. The fraction of sp³-hybridized carbons (Fsp3) is 0.471. The number of aromatic carboxylic acids is 1. The average molecular weight is 329 g/mol. The molecule has 0 bridgehead atoms.